The molecule has 0 spiro atoms. The maximum atomic E-state index is 5.88. The Morgan fingerprint density at radius 3 is 2.38 bits per heavy atom. The van der Waals surface area contributed by atoms with Gasteiger partial charge in [0, 0.05) is 11.2 Å². The Hall–Kier alpha value is -2.13. The second-order valence-electron chi connectivity index (χ2n) is 5.02. The monoisotopic (exact) mass is 297 g/mol. The van der Waals surface area contributed by atoms with E-state index in [1.165, 1.54) is 11.1 Å². The number of aromatic nitrogens is 3. The topological polar surface area (TPSA) is 30.7 Å². The summed E-state index contributed by atoms with van der Waals surface area (Å²) in [6.07, 6.45) is 3.85. The highest BCUT2D eigenvalue weighted by Crippen LogP contribution is 2.11. The van der Waals surface area contributed by atoms with Gasteiger partial charge in [0.25, 0.3) is 0 Å². The third-order valence-corrected chi connectivity index (χ3v) is 3.61. The Balaban J connectivity index is 1.59. The zero-order chi connectivity index (χ0) is 14.5. The van der Waals surface area contributed by atoms with Crippen molar-refractivity contribution in [1.82, 2.24) is 15.0 Å². The molecule has 1 aromatic heterocycles. The maximum Gasteiger partial charge on any atom is 0.0830 e. The van der Waals surface area contributed by atoms with Crippen molar-refractivity contribution in [2.45, 2.75) is 19.4 Å². The van der Waals surface area contributed by atoms with Crippen molar-refractivity contribution < 1.29 is 0 Å². The molecule has 0 fully saturated rings. The van der Waals surface area contributed by atoms with Crippen LogP contribution in [-0.2, 0) is 19.4 Å². The quantitative estimate of drug-likeness (QED) is 0.718. The number of hydrogen-bond acceptors (Lipinski definition) is 2. The minimum absolute atomic E-state index is 0.759. The SMILES string of the molecule is Clc1ccc(CCc2cn(Cc3ccccc3)nn2)cc1. The summed E-state index contributed by atoms with van der Waals surface area (Å²) in [7, 11) is 0. The van der Waals surface area contributed by atoms with Gasteiger partial charge in [0.1, 0.15) is 0 Å². The molecule has 3 aromatic rings. The van der Waals surface area contributed by atoms with E-state index in [1.807, 2.05) is 41.2 Å². The second kappa shape index (κ2) is 6.55. The molecule has 0 aliphatic heterocycles. The Morgan fingerprint density at radius 1 is 0.857 bits per heavy atom. The van der Waals surface area contributed by atoms with Crippen LogP contribution in [0.2, 0.25) is 5.02 Å². The van der Waals surface area contributed by atoms with Crippen LogP contribution < -0.4 is 0 Å². The van der Waals surface area contributed by atoms with Crippen LogP contribution in [0.3, 0.4) is 0 Å². The maximum absolute atomic E-state index is 5.88. The lowest BCUT2D eigenvalue weighted by atomic mass is 10.1. The highest BCUT2D eigenvalue weighted by Gasteiger charge is 2.02. The molecule has 0 aliphatic rings. The van der Waals surface area contributed by atoms with E-state index in [1.54, 1.807) is 0 Å². The van der Waals surface area contributed by atoms with E-state index in [2.05, 4.69) is 34.6 Å². The molecule has 0 radical (unpaired) electrons. The first kappa shape index (κ1) is 13.8. The van der Waals surface area contributed by atoms with E-state index >= 15 is 0 Å². The molecule has 21 heavy (non-hydrogen) atoms. The summed E-state index contributed by atoms with van der Waals surface area (Å²) in [5, 5.41) is 9.19. The predicted molar refractivity (Wildman–Crippen MR) is 84.4 cm³/mol. The van der Waals surface area contributed by atoms with Gasteiger partial charge < -0.3 is 0 Å². The summed E-state index contributed by atoms with van der Waals surface area (Å²) >= 11 is 5.88. The lowest BCUT2D eigenvalue weighted by Crippen LogP contribution is -1.99. The fourth-order valence-electron chi connectivity index (χ4n) is 2.22. The number of rotatable bonds is 5. The largest absolute Gasteiger partial charge is 0.248 e. The summed E-state index contributed by atoms with van der Waals surface area (Å²) in [5.74, 6) is 0. The van der Waals surface area contributed by atoms with Crippen molar-refractivity contribution in [1.29, 1.82) is 0 Å². The van der Waals surface area contributed by atoms with E-state index in [9.17, 15) is 0 Å². The van der Waals surface area contributed by atoms with Crippen molar-refractivity contribution >= 4 is 11.6 Å². The smallest absolute Gasteiger partial charge is 0.0830 e. The number of hydrogen-bond donors (Lipinski definition) is 0. The molecule has 4 heteroatoms. The van der Waals surface area contributed by atoms with Crippen LogP contribution in [0.1, 0.15) is 16.8 Å². The molecule has 0 aliphatic carbocycles. The Kier molecular flexibility index (Phi) is 4.31. The van der Waals surface area contributed by atoms with Crippen LogP contribution in [0.4, 0.5) is 0 Å². The molecule has 0 amide bonds. The van der Waals surface area contributed by atoms with Crippen molar-refractivity contribution in [3.05, 3.63) is 82.6 Å². The van der Waals surface area contributed by atoms with E-state index < -0.39 is 0 Å². The standard InChI is InChI=1S/C17H16ClN3/c18-16-9-6-14(7-10-16)8-11-17-13-21(20-19-17)12-15-4-2-1-3-5-15/h1-7,9-10,13H,8,11-12H2. The molecule has 0 atom stereocenters. The molecular weight excluding hydrogens is 282 g/mol. The predicted octanol–water partition coefficient (Wildman–Crippen LogP) is 3.77. The van der Waals surface area contributed by atoms with Gasteiger partial charge in [-0.25, -0.2) is 4.68 Å². The molecule has 2 aromatic carbocycles. The molecule has 0 unspecified atom stereocenters. The lowest BCUT2D eigenvalue weighted by Gasteiger charge is -2.00. The van der Waals surface area contributed by atoms with Gasteiger partial charge >= 0.3 is 0 Å². The van der Waals surface area contributed by atoms with E-state index in [-0.39, 0.29) is 0 Å². The summed E-state index contributed by atoms with van der Waals surface area (Å²) < 4.78 is 1.88. The number of benzene rings is 2. The number of nitrogens with zero attached hydrogens (tertiary/aromatic N) is 3. The Labute approximate surface area is 129 Å². The highest BCUT2D eigenvalue weighted by molar-refractivity contribution is 6.30. The van der Waals surface area contributed by atoms with Crippen LogP contribution in [0.25, 0.3) is 0 Å². The molecule has 106 valence electrons. The fraction of sp³-hybridized carbons (Fsp3) is 0.176. The first-order chi connectivity index (χ1) is 10.3. The van der Waals surface area contributed by atoms with Gasteiger partial charge in [-0.05, 0) is 36.1 Å². The fourth-order valence-corrected chi connectivity index (χ4v) is 2.35. The van der Waals surface area contributed by atoms with Gasteiger partial charge in [-0.2, -0.15) is 0 Å². The van der Waals surface area contributed by atoms with Gasteiger partial charge in [0.15, 0.2) is 0 Å². The zero-order valence-corrected chi connectivity index (χ0v) is 12.4. The first-order valence-electron chi connectivity index (χ1n) is 6.97. The van der Waals surface area contributed by atoms with Crippen molar-refractivity contribution in [2.24, 2.45) is 0 Å². The van der Waals surface area contributed by atoms with Crippen LogP contribution in [0.15, 0.2) is 60.8 Å². The lowest BCUT2D eigenvalue weighted by molar-refractivity contribution is 0.649. The van der Waals surface area contributed by atoms with Gasteiger partial charge in [-0.3, -0.25) is 0 Å². The molecule has 3 rings (SSSR count). The Morgan fingerprint density at radius 2 is 1.62 bits per heavy atom. The first-order valence-corrected chi connectivity index (χ1v) is 7.35. The molecule has 0 N–H and O–H groups in total. The molecule has 0 saturated carbocycles. The number of aryl methyl sites for hydroxylation is 2. The zero-order valence-electron chi connectivity index (χ0n) is 11.6. The van der Waals surface area contributed by atoms with Gasteiger partial charge in [0.05, 0.1) is 12.2 Å². The summed E-state index contributed by atoms with van der Waals surface area (Å²) in [6, 6.07) is 18.2. The van der Waals surface area contributed by atoms with E-state index in [0.717, 1.165) is 30.1 Å². The van der Waals surface area contributed by atoms with Crippen LogP contribution in [0, 0.1) is 0 Å². The number of halogens is 1. The Bertz CT molecular complexity index is 690. The minimum atomic E-state index is 0.759. The van der Waals surface area contributed by atoms with Gasteiger partial charge in [-0.15, -0.1) is 5.10 Å². The van der Waals surface area contributed by atoms with Crippen LogP contribution >= 0.6 is 11.6 Å². The third-order valence-electron chi connectivity index (χ3n) is 3.36. The minimum Gasteiger partial charge on any atom is -0.248 e. The van der Waals surface area contributed by atoms with Crippen LogP contribution in [-0.4, -0.2) is 15.0 Å². The average molecular weight is 298 g/mol. The molecule has 1 heterocycles. The summed E-state index contributed by atoms with van der Waals surface area (Å²) in [6.45, 7) is 0.759. The normalized spacial score (nSPS) is 10.7. The highest BCUT2D eigenvalue weighted by atomic mass is 35.5. The van der Waals surface area contributed by atoms with E-state index in [4.69, 9.17) is 11.6 Å². The average Bonchev–Trinajstić information content (AvgIpc) is 2.95. The third kappa shape index (κ3) is 3.92. The molecule has 3 nitrogen and oxygen atoms in total. The van der Waals surface area contributed by atoms with Gasteiger partial charge in [-0.1, -0.05) is 59.3 Å². The van der Waals surface area contributed by atoms with Crippen molar-refractivity contribution in [3.63, 3.8) is 0 Å². The van der Waals surface area contributed by atoms with Crippen LogP contribution in [0.5, 0.6) is 0 Å². The molecule has 0 saturated heterocycles. The van der Waals surface area contributed by atoms with Crippen molar-refractivity contribution in [3.8, 4) is 0 Å². The summed E-state index contributed by atoms with van der Waals surface area (Å²) in [5.41, 5.74) is 3.50. The van der Waals surface area contributed by atoms with Crippen molar-refractivity contribution in [2.75, 3.05) is 0 Å². The summed E-state index contributed by atoms with van der Waals surface area (Å²) in [4.78, 5) is 0. The van der Waals surface area contributed by atoms with Gasteiger partial charge in [0.2, 0.25) is 0 Å². The molecular formula is C17H16ClN3. The molecule has 0 bridgehead atoms. The van der Waals surface area contributed by atoms with E-state index in [0.29, 0.717) is 0 Å². The second-order valence-corrected chi connectivity index (χ2v) is 5.46.